The minimum atomic E-state index is -4.97. The average Bonchev–Trinajstić information content (AvgIpc) is 0.930. The SMILES string of the molecule is CCCCCCCCCCCCCCCCCCCCCCCC(=O)O[C@H](COC(=O)CCCCCCCCCCCCCCCCCCCCCC)COP(=O)(O)OC[C@@H](O)COP(=O)(O)OC[C@@H](COC(=O)CCCCCCCCCCC(C)C)OC(=O)CCCCCCCCCCCC(C)C. The molecule has 618 valence electrons. The molecular weight excluding hydrogens is 1350 g/mol. The highest BCUT2D eigenvalue weighted by Gasteiger charge is 2.30. The van der Waals surface area contributed by atoms with Crippen LogP contribution in [-0.2, 0) is 65.4 Å². The van der Waals surface area contributed by atoms with Gasteiger partial charge in [-0.15, -0.1) is 0 Å². The van der Waals surface area contributed by atoms with Crippen LogP contribution in [0.2, 0.25) is 0 Å². The van der Waals surface area contributed by atoms with Gasteiger partial charge in [0.2, 0.25) is 0 Å². The largest absolute Gasteiger partial charge is 0.472 e. The van der Waals surface area contributed by atoms with Gasteiger partial charge in [-0.25, -0.2) is 9.13 Å². The van der Waals surface area contributed by atoms with Crippen molar-refractivity contribution in [2.24, 2.45) is 11.8 Å². The van der Waals surface area contributed by atoms with Crippen LogP contribution in [0.25, 0.3) is 0 Å². The third-order valence-electron chi connectivity index (χ3n) is 20.0. The molecule has 0 fully saturated rings. The Balaban J connectivity index is 5.21. The third kappa shape index (κ3) is 78.2. The zero-order valence-electron chi connectivity index (χ0n) is 68.3. The van der Waals surface area contributed by atoms with E-state index in [1.54, 1.807) is 0 Å². The van der Waals surface area contributed by atoms with Crippen molar-refractivity contribution >= 4 is 39.5 Å². The average molecular weight is 1520 g/mol. The van der Waals surface area contributed by atoms with Crippen LogP contribution < -0.4 is 0 Å². The molecule has 0 amide bonds. The van der Waals surface area contributed by atoms with Crippen LogP contribution in [0.4, 0.5) is 0 Å². The number of unbranched alkanes of at least 4 members (excludes halogenated alkanes) is 54. The van der Waals surface area contributed by atoms with Crippen LogP contribution in [0.5, 0.6) is 0 Å². The smallest absolute Gasteiger partial charge is 0.462 e. The second kappa shape index (κ2) is 76.4. The molecule has 0 aromatic rings. The van der Waals surface area contributed by atoms with E-state index < -0.39 is 97.5 Å². The van der Waals surface area contributed by atoms with Crippen LogP contribution in [0.15, 0.2) is 0 Å². The summed E-state index contributed by atoms with van der Waals surface area (Å²) in [6.07, 6.45) is 68.3. The van der Waals surface area contributed by atoms with E-state index in [0.29, 0.717) is 25.7 Å². The fraction of sp³-hybridized carbons (Fsp3) is 0.953. The highest BCUT2D eigenvalue weighted by Crippen LogP contribution is 2.45. The number of aliphatic hydroxyl groups is 1. The molecule has 104 heavy (non-hydrogen) atoms. The molecule has 19 heteroatoms. The van der Waals surface area contributed by atoms with E-state index in [1.807, 2.05) is 0 Å². The predicted octanol–water partition coefficient (Wildman–Crippen LogP) is 25.8. The number of rotatable bonds is 84. The van der Waals surface area contributed by atoms with Gasteiger partial charge in [0.15, 0.2) is 12.2 Å². The van der Waals surface area contributed by atoms with Crippen LogP contribution in [0, 0.1) is 11.8 Å². The van der Waals surface area contributed by atoms with E-state index in [4.69, 9.17) is 37.0 Å². The van der Waals surface area contributed by atoms with E-state index in [-0.39, 0.29) is 25.7 Å². The maximum Gasteiger partial charge on any atom is 0.472 e. The minimum absolute atomic E-state index is 0.105. The number of hydrogen-bond acceptors (Lipinski definition) is 15. The van der Waals surface area contributed by atoms with Gasteiger partial charge in [0.05, 0.1) is 26.4 Å². The summed E-state index contributed by atoms with van der Waals surface area (Å²) in [4.78, 5) is 73.1. The predicted molar refractivity (Wildman–Crippen MR) is 428 cm³/mol. The van der Waals surface area contributed by atoms with E-state index in [9.17, 15) is 43.2 Å². The second-order valence-corrected chi connectivity index (χ2v) is 34.4. The maximum atomic E-state index is 13.1. The minimum Gasteiger partial charge on any atom is -0.462 e. The first-order valence-corrected chi connectivity index (χ1v) is 47.0. The summed E-state index contributed by atoms with van der Waals surface area (Å²) < 4.78 is 68.8. The van der Waals surface area contributed by atoms with Gasteiger partial charge >= 0.3 is 39.5 Å². The number of esters is 4. The molecule has 0 heterocycles. The molecule has 3 N–H and O–H groups in total. The molecule has 0 aliphatic carbocycles. The standard InChI is InChI=1S/C85H166O17P2/c1-7-9-11-13-15-17-19-21-23-25-27-29-31-33-35-37-39-43-51-57-63-69-84(89)101-80(73-95-82(87)67-61-55-49-42-38-36-34-32-30-28-26-24-22-20-18-16-14-12-10-8-2)75-99-103(91,92)97-71-79(86)72-98-104(93,94)100-76-81(74-96-83(88)68-62-56-50-46-45-48-54-60-66-78(5)6)102-85(90)70-64-58-52-44-40-41-47-53-59-65-77(3)4/h77-81,86H,7-76H2,1-6H3,(H,91,92)(H,93,94)/t79-,80-,81-/m1/s1. The molecule has 0 aromatic heterocycles. The Morgan fingerprint density at radius 2 is 0.442 bits per heavy atom. The number of hydrogen-bond donors (Lipinski definition) is 3. The lowest BCUT2D eigenvalue weighted by Gasteiger charge is -2.21. The monoisotopic (exact) mass is 1520 g/mol. The van der Waals surface area contributed by atoms with E-state index in [1.165, 1.54) is 270 Å². The van der Waals surface area contributed by atoms with Crippen molar-refractivity contribution in [2.75, 3.05) is 39.6 Å². The Labute approximate surface area is 638 Å². The molecule has 0 aromatic carbocycles. The maximum absolute atomic E-state index is 13.1. The van der Waals surface area contributed by atoms with Crippen molar-refractivity contribution in [3.63, 3.8) is 0 Å². The summed E-state index contributed by atoms with van der Waals surface area (Å²) in [6.45, 7) is 9.59. The summed E-state index contributed by atoms with van der Waals surface area (Å²) in [5.41, 5.74) is 0. The van der Waals surface area contributed by atoms with E-state index >= 15 is 0 Å². The fourth-order valence-electron chi connectivity index (χ4n) is 13.2. The fourth-order valence-corrected chi connectivity index (χ4v) is 14.8. The Hall–Kier alpha value is -1.94. The molecule has 0 aliphatic rings. The van der Waals surface area contributed by atoms with Crippen molar-refractivity contribution in [2.45, 2.75) is 471 Å². The molecule has 17 nitrogen and oxygen atoms in total. The zero-order valence-corrected chi connectivity index (χ0v) is 70.1. The van der Waals surface area contributed by atoms with Crippen molar-refractivity contribution in [3.8, 4) is 0 Å². The Bertz CT molecular complexity index is 1990. The highest BCUT2D eigenvalue weighted by atomic mass is 31.2. The van der Waals surface area contributed by atoms with Gasteiger partial charge < -0.3 is 33.8 Å². The first-order chi connectivity index (χ1) is 50.4. The van der Waals surface area contributed by atoms with Gasteiger partial charge in [0.25, 0.3) is 0 Å². The summed E-state index contributed by atoms with van der Waals surface area (Å²) in [5.74, 6) is -0.644. The van der Waals surface area contributed by atoms with Crippen molar-refractivity contribution in [1.29, 1.82) is 0 Å². The van der Waals surface area contributed by atoms with Crippen LogP contribution in [0.3, 0.4) is 0 Å². The summed E-state index contributed by atoms with van der Waals surface area (Å²) in [5, 5.41) is 10.7. The van der Waals surface area contributed by atoms with Crippen LogP contribution in [0.1, 0.15) is 452 Å². The van der Waals surface area contributed by atoms with Crippen LogP contribution >= 0.6 is 15.6 Å². The number of carbonyl (C=O) groups excluding carboxylic acids is 4. The zero-order chi connectivity index (χ0) is 76.4. The lowest BCUT2D eigenvalue weighted by Crippen LogP contribution is -2.30. The molecular formula is C85H166O17P2. The molecule has 0 spiro atoms. The van der Waals surface area contributed by atoms with Gasteiger partial charge in [-0.3, -0.25) is 37.3 Å². The number of carbonyl (C=O) groups is 4. The molecule has 0 radical (unpaired) electrons. The van der Waals surface area contributed by atoms with Gasteiger partial charge in [0.1, 0.15) is 19.3 Å². The Kier molecular flexibility index (Phi) is 75.0. The number of aliphatic hydroxyl groups excluding tert-OH is 1. The lowest BCUT2D eigenvalue weighted by molar-refractivity contribution is -0.161. The quantitative estimate of drug-likeness (QED) is 0.0222. The first kappa shape index (κ1) is 102. The van der Waals surface area contributed by atoms with Crippen molar-refractivity contribution in [1.82, 2.24) is 0 Å². The molecule has 0 rings (SSSR count). The van der Waals surface area contributed by atoms with E-state index in [0.717, 1.165) is 102 Å². The summed E-state index contributed by atoms with van der Waals surface area (Å²) in [6, 6.07) is 0. The van der Waals surface area contributed by atoms with Crippen molar-refractivity contribution in [3.05, 3.63) is 0 Å². The third-order valence-corrected chi connectivity index (χ3v) is 21.9. The Morgan fingerprint density at radius 3 is 0.654 bits per heavy atom. The first-order valence-electron chi connectivity index (χ1n) is 44.0. The topological polar surface area (TPSA) is 237 Å². The van der Waals surface area contributed by atoms with Gasteiger partial charge in [-0.2, -0.15) is 0 Å². The molecule has 0 aliphatic heterocycles. The van der Waals surface area contributed by atoms with E-state index in [2.05, 4.69) is 41.5 Å². The summed E-state index contributed by atoms with van der Waals surface area (Å²) >= 11 is 0. The van der Waals surface area contributed by atoms with Gasteiger partial charge in [0, 0.05) is 25.7 Å². The molecule has 2 unspecified atom stereocenters. The van der Waals surface area contributed by atoms with Gasteiger partial charge in [-0.05, 0) is 37.5 Å². The number of phosphoric ester groups is 2. The van der Waals surface area contributed by atoms with Crippen molar-refractivity contribution < 1.29 is 80.2 Å². The summed E-state index contributed by atoms with van der Waals surface area (Å²) in [7, 11) is -9.92. The molecule has 0 saturated heterocycles. The second-order valence-electron chi connectivity index (χ2n) is 31.5. The molecule has 5 atom stereocenters. The molecule has 0 bridgehead atoms. The molecule has 0 saturated carbocycles. The lowest BCUT2D eigenvalue weighted by atomic mass is 10.0. The Morgan fingerprint density at radius 1 is 0.260 bits per heavy atom. The number of phosphoric acid groups is 2. The van der Waals surface area contributed by atoms with Gasteiger partial charge in [-0.1, -0.05) is 401 Å². The number of ether oxygens (including phenoxy) is 4. The highest BCUT2D eigenvalue weighted by molar-refractivity contribution is 7.47. The van der Waals surface area contributed by atoms with Crippen LogP contribution in [-0.4, -0.2) is 96.7 Å². The normalized spacial score (nSPS) is 13.8.